The third-order valence-electron chi connectivity index (χ3n) is 3.40. The van der Waals surface area contributed by atoms with Crippen molar-refractivity contribution in [2.24, 2.45) is 5.73 Å². The molecule has 0 fully saturated rings. The number of nitrogens with one attached hydrogen (secondary N) is 1. The van der Waals surface area contributed by atoms with Crippen molar-refractivity contribution >= 4 is 34.7 Å². The molecule has 0 aliphatic carbocycles. The van der Waals surface area contributed by atoms with Crippen molar-refractivity contribution in [3.8, 4) is 11.3 Å². The standard InChI is InChI=1S/C13H10ClF3N4S/c14-9-2-1-6(5-8(9)13(15,16)17)10-7-3-4-19-11(7)21(20-10)12(18)22/h1-2,5,19H,3-4H2,(H2,18,22). The summed E-state index contributed by atoms with van der Waals surface area (Å²) in [6, 6.07) is 3.71. The second-order valence-electron chi connectivity index (χ2n) is 4.79. The summed E-state index contributed by atoms with van der Waals surface area (Å²) in [5.74, 6) is 0.631. The quantitative estimate of drug-likeness (QED) is 0.778. The maximum absolute atomic E-state index is 13.0. The number of aromatic nitrogens is 2. The molecule has 1 aliphatic rings. The zero-order valence-electron chi connectivity index (χ0n) is 11.0. The van der Waals surface area contributed by atoms with Gasteiger partial charge >= 0.3 is 6.18 Å². The highest BCUT2D eigenvalue weighted by atomic mass is 35.5. The molecule has 0 saturated carbocycles. The number of anilines is 1. The summed E-state index contributed by atoms with van der Waals surface area (Å²) in [6.45, 7) is 0.655. The van der Waals surface area contributed by atoms with Gasteiger partial charge in [0.25, 0.3) is 0 Å². The van der Waals surface area contributed by atoms with Gasteiger partial charge in [0.2, 0.25) is 0 Å². The van der Waals surface area contributed by atoms with E-state index in [0.717, 1.165) is 11.6 Å². The Hall–Kier alpha value is -1.80. The van der Waals surface area contributed by atoms with Crippen molar-refractivity contribution in [1.29, 1.82) is 0 Å². The minimum atomic E-state index is -4.53. The van der Waals surface area contributed by atoms with E-state index < -0.39 is 11.7 Å². The highest BCUT2D eigenvalue weighted by molar-refractivity contribution is 7.80. The lowest BCUT2D eigenvalue weighted by atomic mass is 10.0. The molecule has 3 rings (SSSR count). The molecule has 2 aromatic rings. The lowest BCUT2D eigenvalue weighted by molar-refractivity contribution is -0.137. The molecule has 0 saturated heterocycles. The zero-order valence-corrected chi connectivity index (χ0v) is 12.6. The molecular weight excluding hydrogens is 337 g/mol. The van der Waals surface area contributed by atoms with E-state index in [9.17, 15) is 13.2 Å². The van der Waals surface area contributed by atoms with Gasteiger partial charge in [0.05, 0.1) is 16.3 Å². The highest BCUT2D eigenvalue weighted by Gasteiger charge is 2.34. The number of thiocarbonyl (C=S) groups is 1. The Kier molecular flexibility index (Phi) is 3.53. The van der Waals surface area contributed by atoms with E-state index in [2.05, 4.69) is 10.4 Å². The lowest BCUT2D eigenvalue weighted by Gasteiger charge is -2.10. The fourth-order valence-corrected chi connectivity index (χ4v) is 2.81. The molecule has 4 nitrogen and oxygen atoms in total. The summed E-state index contributed by atoms with van der Waals surface area (Å²) in [6.07, 6.45) is -3.89. The number of fused-ring (bicyclic) bond motifs is 1. The predicted octanol–water partition coefficient (Wildman–Crippen LogP) is 3.28. The molecule has 1 aliphatic heterocycles. The van der Waals surface area contributed by atoms with Gasteiger partial charge in [0.15, 0.2) is 5.11 Å². The lowest BCUT2D eigenvalue weighted by Crippen LogP contribution is -2.22. The molecule has 0 unspecified atom stereocenters. The molecule has 0 atom stereocenters. The van der Waals surface area contributed by atoms with Gasteiger partial charge in [0, 0.05) is 17.7 Å². The summed E-state index contributed by atoms with van der Waals surface area (Å²) >= 11 is 10.6. The molecule has 3 N–H and O–H groups in total. The van der Waals surface area contributed by atoms with Crippen LogP contribution >= 0.6 is 23.8 Å². The fourth-order valence-electron chi connectivity index (χ4n) is 2.46. The summed E-state index contributed by atoms with van der Waals surface area (Å²) in [7, 11) is 0. The number of nitrogens with two attached hydrogens (primary N) is 1. The molecule has 0 radical (unpaired) electrons. The summed E-state index contributed by atoms with van der Waals surface area (Å²) in [5, 5.41) is 7.00. The first kappa shape index (κ1) is 15.1. The molecule has 1 aromatic heterocycles. The van der Waals surface area contributed by atoms with Crippen LogP contribution in [0.5, 0.6) is 0 Å². The Balaban J connectivity index is 2.17. The number of alkyl halides is 3. The minimum Gasteiger partial charge on any atom is -0.374 e. The number of hydrogen-bond acceptors (Lipinski definition) is 3. The molecule has 116 valence electrons. The number of nitrogens with zero attached hydrogens (tertiary/aromatic N) is 2. The van der Waals surface area contributed by atoms with Gasteiger partial charge in [-0.25, -0.2) is 0 Å². The number of benzene rings is 1. The van der Waals surface area contributed by atoms with Crippen LogP contribution in [0.15, 0.2) is 18.2 Å². The highest BCUT2D eigenvalue weighted by Crippen LogP contribution is 2.39. The first-order valence-electron chi connectivity index (χ1n) is 6.31. The normalized spacial score (nSPS) is 13.8. The maximum Gasteiger partial charge on any atom is 0.417 e. The van der Waals surface area contributed by atoms with Crippen molar-refractivity contribution in [3.63, 3.8) is 0 Å². The van der Waals surface area contributed by atoms with Crippen molar-refractivity contribution < 1.29 is 13.2 Å². The van der Waals surface area contributed by atoms with Gasteiger partial charge in [-0.15, -0.1) is 0 Å². The van der Waals surface area contributed by atoms with Crippen LogP contribution in [0.4, 0.5) is 19.0 Å². The van der Waals surface area contributed by atoms with Crippen LogP contribution in [0.2, 0.25) is 5.02 Å². The second-order valence-corrected chi connectivity index (χ2v) is 5.62. The van der Waals surface area contributed by atoms with Gasteiger partial charge < -0.3 is 11.1 Å². The van der Waals surface area contributed by atoms with Crippen molar-refractivity contribution in [1.82, 2.24) is 9.78 Å². The third-order valence-corrected chi connectivity index (χ3v) is 3.91. The van der Waals surface area contributed by atoms with Crippen LogP contribution in [-0.4, -0.2) is 21.4 Å². The van der Waals surface area contributed by atoms with Crippen LogP contribution in [-0.2, 0) is 12.6 Å². The number of rotatable bonds is 1. The minimum absolute atomic E-state index is 0.0295. The average molecular weight is 347 g/mol. The Labute approximate surface area is 134 Å². The first-order valence-corrected chi connectivity index (χ1v) is 7.10. The van der Waals surface area contributed by atoms with E-state index in [0.29, 0.717) is 30.0 Å². The largest absolute Gasteiger partial charge is 0.417 e. The molecule has 0 spiro atoms. The molecule has 0 amide bonds. The topological polar surface area (TPSA) is 55.9 Å². The number of halogens is 4. The summed E-state index contributed by atoms with van der Waals surface area (Å²) in [5.41, 5.74) is 6.25. The van der Waals surface area contributed by atoms with Gasteiger partial charge in [-0.2, -0.15) is 23.0 Å². The van der Waals surface area contributed by atoms with Gasteiger partial charge in [0.1, 0.15) is 5.82 Å². The van der Waals surface area contributed by atoms with Crippen molar-refractivity contribution in [2.75, 3.05) is 11.9 Å². The third kappa shape index (κ3) is 2.42. The van der Waals surface area contributed by atoms with Crippen LogP contribution in [0.3, 0.4) is 0 Å². The summed E-state index contributed by atoms with van der Waals surface area (Å²) in [4.78, 5) is 0. The van der Waals surface area contributed by atoms with Crippen molar-refractivity contribution in [3.05, 3.63) is 34.3 Å². The molecule has 1 aromatic carbocycles. The van der Waals surface area contributed by atoms with E-state index in [1.165, 1.54) is 16.8 Å². The van der Waals surface area contributed by atoms with Crippen LogP contribution in [0, 0.1) is 0 Å². The van der Waals surface area contributed by atoms with Crippen molar-refractivity contribution in [2.45, 2.75) is 12.6 Å². The number of hydrogen-bond donors (Lipinski definition) is 2. The zero-order chi connectivity index (χ0) is 16.1. The SMILES string of the molecule is NC(=S)n1nc(-c2ccc(Cl)c(C(F)(F)F)c2)c2c1NCC2. The van der Waals surface area contributed by atoms with E-state index >= 15 is 0 Å². The Morgan fingerprint density at radius 3 is 2.77 bits per heavy atom. The maximum atomic E-state index is 13.0. The molecule has 2 heterocycles. The molecule has 22 heavy (non-hydrogen) atoms. The predicted molar refractivity (Wildman–Crippen MR) is 82.1 cm³/mol. The molecule has 0 bridgehead atoms. The average Bonchev–Trinajstić information content (AvgIpc) is 2.99. The smallest absolute Gasteiger partial charge is 0.374 e. The van der Waals surface area contributed by atoms with Crippen LogP contribution in [0.1, 0.15) is 11.1 Å². The Bertz CT molecular complexity index is 769. The Morgan fingerprint density at radius 1 is 1.41 bits per heavy atom. The van der Waals surface area contributed by atoms with E-state index in [4.69, 9.17) is 29.6 Å². The second kappa shape index (κ2) is 5.13. The fraction of sp³-hybridized carbons (Fsp3) is 0.231. The van der Waals surface area contributed by atoms with Gasteiger partial charge in [-0.05, 0) is 30.8 Å². The van der Waals surface area contributed by atoms with Crippen LogP contribution < -0.4 is 11.1 Å². The molecular formula is C13H10ClF3N4S. The summed E-state index contributed by atoms with van der Waals surface area (Å²) < 4.78 is 40.3. The van der Waals surface area contributed by atoms with E-state index in [-0.39, 0.29) is 10.1 Å². The monoisotopic (exact) mass is 346 g/mol. The van der Waals surface area contributed by atoms with Gasteiger partial charge in [-0.1, -0.05) is 17.7 Å². The Morgan fingerprint density at radius 2 is 2.14 bits per heavy atom. The van der Waals surface area contributed by atoms with E-state index in [1.807, 2.05) is 0 Å². The van der Waals surface area contributed by atoms with E-state index in [1.54, 1.807) is 0 Å². The molecule has 9 heteroatoms. The first-order chi connectivity index (χ1) is 10.3. The van der Waals surface area contributed by atoms with Crippen LogP contribution in [0.25, 0.3) is 11.3 Å². The van der Waals surface area contributed by atoms with Gasteiger partial charge in [-0.3, -0.25) is 0 Å².